The molecule has 0 spiro atoms. The van der Waals surface area contributed by atoms with Crippen LogP contribution in [0.15, 0.2) is 53.9 Å². The van der Waals surface area contributed by atoms with Crippen molar-refractivity contribution in [1.82, 2.24) is 30.0 Å². The van der Waals surface area contributed by atoms with E-state index in [1.54, 1.807) is 12.4 Å². The lowest BCUT2D eigenvalue weighted by molar-refractivity contribution is -0.131. The van der Waals surface area contributed by atoms with Gasteiger partial charge in [0.25, 0.3) is 0 Å². The lowest BCUT2D eigenvalue weighted by Crippen LogP contribution is -2.31. The topological polar surface area (TPSA) is 93.0 Å². The number of nitrogens with zero attached hydrogens (tertiary/aromatic N) is 5. The lowest BCUT2D eigenvalue weighted by Gasteiger charge is -2.20. The molecule has 0 saturated carbocycles. The average molecular weight is 499 g/mol. The van der Waals surface area contributed by atoms with Gasteiger partial charge >= 0.3 is 0 Å². The van der Waals surface area contributed by atoms with Crippen molar-refractivity contribution in [1.29, 1.82) is 0 Å². The molecular weight excluding hydrogens is 472 g/mol. The minimum Gasteiger partial charge on any atom is -0.355 e. The third kappa shape index (κ3) is 6.57. The highest BCUT2D eigenvalue weighted by Gasteiger charge is 2.22. The number of amides is 2. The van der Waals surface area contributed by atoms with E-state index in [-0.39, 0.29) is 17.6 Å². The highest BCUT2D eigenvalue weighted by atomic mass is 35.5. The van der Waals surface area contributed by atoms with Gasteiger partial charge in [-0.1, -0.05) is 41.9 Å². The van der Waals surface area contributed by atoms with Gasteiger partial charge in [-0.15, -0.1) is 10.2 Å². The smallest absolute Gasteiger partial charge is 0.230 e. The number of benzene rings is 1. The summed E-state index contributed by atoms with van der Waals surface area (Å²) in [5.41, 5.74) is 1.87. The van der Waals surface area contributed by atoms with Crippen LogP contribution in [0.1, 0.15) is 37.1 Å². The zero-order valence-electron chi connectivity index (χ0n) is 18.8. The monoisotopic (exact) mass is 498 g/mol. The molecule has 10 heteroatoms. The van der Waals surface area contributed by atoms with Gasteiger partial charge in [-0.25, -0.2) is 0 Å². The quantitative estimate of drug-likeness (QED) is 0.452. The van der Waals surface area contributed by atoms with Crippen LogP contribution in [0.25, 0.3) is 5.69 Å². The van der Waals surface area contributed by atoms with Gasteiger partial charge in [-0.05, 0) is 49.1 Å². The summed E-state index contributed by atoms with van der Waals surface area (Å²) in [7, 11) is 0. The zero-order chi connectivity index (χ0) is 23.8. The van der Waals surface area contributed by atoms with Crippen LogP contribution in [0, 0.1) is 0 Å². The molecule has 0 unspecified atom stereocenters. The van der Waals surface area contributed by atoms with Crippen LogP contribution in [0.5, 0.6) is 0 Å². The number of hydrogen-bond acceptors (Lipinski definition) is 6. The first-order chi connectivity index (χ1) is 16.6. The Labute approximate surface area is 208 Å². The Bertz CT molecular complexity index is 1120. The second kappa shape index (κ2) is 12.0. The van der Waals surface area contributed by atoms with E-state index in [1.165, 1.54) is 11.8 Å². The molecule has 0 aliphatic carbocycles. The first-order valence-electron chi connectivity index (χ1n) is 11.4. The van der Waals surface area contributed by atoms with E-state index in [4.69, 9.17) is 11.6 Å². The second-order valence-corrected chi connectivity index (χ2v) is 9.47. The molecule has 0 radical (unpaired) electrons. The number of thioether (sulfide) groups is 1. The number of carbonyl (C=O) groups excluding carboxylic acids is 2. The van der Waals surface area contributed by atoms with Crippen LogP contribution in [-0.2, 0) is 22.6 Å². The van der Waals surface area contributed by atoms with E-state index in [1.807, 2.05) is 45.9 Å². The van der Waals surface area contributed by atoms with Gasteiger partial charge in [0.05, 0.1) is 24.2 Å². The highest BCUT2D eigenvalue weighted by molar-refractivity contribution is 7.99. The minimum atomic E-state index is -0.0861. The highest BCUT2D eigenvalue weighted by Crippen LogP contribution is 2.23. The SMILES string of the molecule is O=C(CSc1nnc(CN2CCCCCC2=O)n1-c1cccnc1)NCCc1cccc(Cl)c1. The van der Waals surface area contributed by atoms with Crippen molar-refractivity contribution in [3.63, 3.8) is 0 Å². The maximum atomic E-state index is 12.5. The molecule has 0 atom stereocenters. The second-order valence-electron chi connectivity index (χ2n) is 8.09. The Hall–Kier alpha value is -2.91. The molecule has 8 nitrogen and oxygen atoms in total. The van der Waals surface area contributed by atoms with E-state index in [0.29, 0.717) is 41.9 Å². The average Bonchev–Trinajstić information content (AvgIpc) is 3.13. The summed E-state index contributed by atoms with van der Waals surface area (Å²) < 4.78 is 1.88. The Morgan fingerprint density at radius 1 is 1.15 bits per heavy atom. The van der Waals surface area contributed by atoms with Crippen molar-refractivity contribution < 1.29 is 9.59 Å². The van der Waals surface area contributed by atoms with E-state index in [2.05, 4.69) is 20.5 Å². The molecule has 1 aromatic carbocycles. The fraction of sp³-hybridized carbons (Fsp3) is 0.375. The summed E-state index contributed by atoms with van der Waals surface area (Å²) in [5.74, 6) is 0.923. The fourth-order valence-electron chi connectivity index (χ4n) is 3.84. The molecule has 1 aliphatic heterocycles. The van der Waals surface area contributed by atoms with Gasteiger partial charge in [0.1, 0.15) is 0 Å². The fourth-order valence-corrected chi connectivity index (χ4v) is 4.85. The Morgan fingerprint density at radius 3 is 2.88 bits per heavy atom. The molecule has 0 bridgehead atoms. The van der Waals surface area contributed by atoms with E-state index in [9.17, 15) is 9.59 Å². The number of aromatic nitrogens is 4. The third-order valence-corrected chi connectivity index (χ3v) is 6.73. The number of hydrogen-bond donors (Lipinski definition) is 1. The number of nitrogens with one attached hydrogen (secondary N) is 1. The van der Waals surface area contributed by atoms with Gasteiger partial charge in [0, 0.05) is 30.7 Å². The van der Waals surface area contributed by atoms with Crippen LogP contribution in [-0.4, -0.2) is 55.3 Å². The van der Waals surface area contributed by atoms with E-state index >= 15 is 0 Å². The number of likely N-dealkylation sites (tertiary alicyclic amines) is 1. The molecular formula is C24H27ClN6O2S. The van der Waals surface area contributed by atoms with Crippen LogP contribution in [0.2, 0.25) is 5.02 Å². The van der Waals surface area contributed by atoms with Crippen LogP contribution >= 0.6 is 23.4 Å². The first kappa shape index (κ1) is 24.2. The Morgan fingerprint density at radius 2 is 2.06 bits per heavy atom. The number of halogens is 1. The summed E-state index contributed by atoms with van der Waals surface area (Å²) in [6.45, 7) is 1.63. The van der Waals surface area contributed by atoms with Gasteiger partial charge in [0.2, 0.25) is 11.8 Å². The first-order valence-corrected chi connectivity index (χ1v) is 12.7. The molecule has 1 fully saturated rings. The summed E-state index contributed by atoms with van der Waals surface area (Å²) in [6.07, 6.45) is 7.68. The van der Waals surface area contributed by atoms with Crippen molar-refractivity contribution >= 4 is 35.2 Å². The van der Waals surface area contributed by atoms with Crippen LogP contribution in [0.4, 0.5) is 0 Å². The predicted molar refractivity (Wildman–Crippen MR) is 132 cm³/mol. The molecule has 1 aliphatic rings. The van der Waals surface area contributed by atoms with Gasteiger partial charge < -0.3 is 10.2 Å². The molecule has 4 rings (SSSR count). The van der Waals surface area contributed by atoms with Crippen molar-refractivity contribution in [3.05, 3.63) is 65.2 Å². The van der Waals surface area contributed by atoms with Crippen LogP contribution in [0.3, 0.4) is 0 Å². The predicted octanol–water partition coefficient (Wildman–Crippen LogP) is 3.67. The maximum absolute atomic E-state index is 12.5. The summed E-state index contributed by atoms with van der Waals surface area (Å²) in [4.78, 5) is 31.0. The number of carbonyl (C=O) groups is 2. The molecule has 3 heterocycles. The van der Waals surface area contributed by atoms with Crippen molar-refractivity contribution in [2.45, 2.75) is 43.8 Å². The molecule has 1 saturated heterocycles. The maximum Gasteiger partial charge on any atom is 0.230 e. The van der Waals surface area contributed by atoms with Gasteiger partial charge in [-0.2, -0.15) is 0 Å². The molecule has 2 aromatic heterocycles. The van der Waals surface area contributed by atoms with Crippen LogP contribution < -0.4 is 5.32 Å². The van der Waals surface area contributed by atoms with Crippen molar-refractivity contribution in [2.75, 3.05) is 18.8 Å². The normalized spacial score (nSPS) is 14.1. The number of rotatable bonds is 9. The Balaban J connectivity index is 1.40. The van der Waals surface area contributed by atoms with E-state index in [0.717, 1.165) is 37.1 Å². The summed E-state index contributed by atoms with van der Waals surface area (Å²) in [6, 6.07) is 11.4. The third-order valence-electron chi connectivity index (χ3n) is 5.57. The molecule has 178 valence electrons. The lowest BCUT2D eigenvalue weighted by atomic mass is 10.1. The molecule has 2 amide bonds. The summed E-state index contributed by atoms with van der Waals surface area (Å²) in [5, 5.41) is 12.9. The standard InChI is InChI=1S/C24H27ClN6O2S/c25-19-7-4-6-18(14-19)10-12-27-22(32)17-34-24-29-28-21(31(24)20-8-5-11-26-15-20)16-30-13-3-1-2-9-23(30)33/h4-8,11,14-15H,1-3,9-10,12-13,16-17H2,(H,27,32). The molecule has 34 heavy (non-hydrogen) atoms. The Kier molecular flexibility index (Phi) is 8.54. The van der Waals surface area contributed by atoms with Crippen molar-refractivity contribution in [3.8, 4) is 5.69 Å². The zero-order valence-corrected chi connectivity index (χ0v) is 20.4. The van der Waals surface area contributed by atoms with Gasteiger partial charge in [0.15, 0.2) is 11.0 Å². The largest absolute Gasteiger partial charge is 0.355 e. The van der Waals surface area contributed by atoms with Gasteiger partial charge in [-0.3, -0.25) is 19.1 Å². The van der Waals surface area contributed by atoms with Crippen molar-refractivity contribution in [2.24, 2.45) is 0 Å². The minimum absolute atomic E-state index is 0.0861. The molecule has 3 aromatic rings. The number of pyridine rings is 1. The summed E-state index contributed by atoms with van der Waals surface area (Å²) >= 11 is 7.33. The molecule has 1 N–H and O–H groups in total. The van der Waals surface area contributed by atoms with E-state index < -0.39 is 0 Å².